The van der Waals surface area contributed by atoms with E-state index in [1.165, 1.54) is 31.2 Å². The van der Waals surface area contributed by atoms with Gasteiger partial charge in [0.05, 0.1) is 6.61 Å². The average Bonchev–Trinajstić information content (AvgIpc) is 3.25. The highest BCUT2D eigenvalue weighted by molar-refractivity contribution is 5.94. The fourth-order valence-electron chi connectivity index (χ4n) is 5.05. The number of likely N-dealkylation sites (tertiary alicyclic amines) is 1. The van der Waals surface area contributed by atoms with Crippen molar-refractivity contribution in [1.82, 2.24) is 10.2 Å². The highest BCUT2D eigenvalue weighted by Gasteiger charge is 2.49. The molecule has 0 unspecified atom stereocenters. The van der Waals surface area contributed by atoms with Crippen LogP contribution in [0.5, 0.6) is 0 Å². The molecule has 0 radical (unpaired) electrons. The number of nitrogens with zero attached hydrogens (tertiary/aromatic N) is 1. The van der Waals surface area contributed by atoms with E-state index in [1.54, 1.807) is 0 Å². The SMILES string of the molecule is O=C(NC[C@H]1[C@H](c2ccccc2)[C@H](CO)N1CC1CCCC1)c1ccccc1. The van der Waals surface area contributed by atoms with Gasteiger partial charge in [-0.15, -0.1) is 0 Å². The summed E-state index contributed by atoms with van der Waals surface area (Å²) in [6.45, 7) is 1.80. The summed E-state index contributed by atoms with van der Waals surface area (Å²) in [5.41, 5.74) is 1.95. The van der Waals surface area contributed by atoms with E-state index in [1.807, 2.05) is 36.4 Å². The lowest BCUT2D eigenvalue weighted by atomic mass is 9.74. The monoisotopic (exact) mass is 378 g/mol. The number of carbonyl (C=O) groups excluding carboxylic acids is 1. The van der Waals surface area contributed by atoms with Crippen LogP contribution in [0.15, 0.2) is 60.7 Å². The van der Waals surface area contributed by atoms with Crippen molar-refractivity contribution in [2.75, 3.05) is 19.7 Å². The molecule has 2 N–H and O–H groups in total. The van der Waals surface area contributed by atoms with Gasteiger partial charge in [0.25, 0.3) is 5.91 Å². The molecule has 1 heterocycles. The van der Waals surface area contributed by atoms with Gasteiger partial charge in [0.1, 0.15) is 0 Å². The van der Waals surface area contributed by atoms with Crippen LogP contribution >= 0.6 is 0 Å². The van der Waals surface area contributed by atoms with Gasteiger partial charge in [-0.25, -0.2) is 0 Å². The zero-order chi connectivity index (χ0) is 19.3. The summed E-state index contributed by atoms with van der Waals surface area (Å²) in [4.78, 5) is 15.0. The Balaban J connectivity index is 1.49. The first-order chi connectivity index (χ1) is 13.8. The fraction of sp³-hybridized carbons (Fsp3) is 0.458. The molecule has 1 saturated heterocycles. The minimum absolute atomic E-state index is 0.0272. The predicted molar refractivity (Wildman–Crippen MR) is 111 cm³/mol. The van der Waals surface area contributed by atoms with Crippen molar-refractivity contribution in [3.63, 3.8) is 0 Å². The van der Waals surface area contributed by atoms with Gasteiger partial charge in [-0.3, -0.25) is 9.69 Å². The minimum Gasteiger partial charge on any atom is -0.395 e. The van der Waals surface area contributed by atoms with Crippen molar-refractivity contribution in [2.45, 2.75) is 43.7 Å². The second-order valence-electron chi connectivity index (χ2n) is 8.18. The standard InChI is InChI=1S/C24H30N2O2/c27-17-22-23(19-11-3-1-4-12-19)21(26(22)16-18-9-7-8-10-18)15-25-24(28)20-13-5-2-6-14-20/h1-6,11-14,18,21-23,27H,7-10,15-17H2,(H,25,28)/t21-,22-,23-/m0/s1. The van der Waals surface area contributed by atoms with E-state index in [0.29, 0.717) is 12.1 Å². The number of nitrogens with one attached hydrogen (secondary N) is 1. The number of hydrogen-bond acceptors (Lipinski definition) is 3. The largest absolute Gasteiger partial charge is 0.395 e. The molecule has 2 aromatic rings. The fourth-order valence-corrected chi connectivity index (χ4v) is 5.05. The second kappa shape index (κ2) is 8.89. The third-order valence-corrected chi connectivity index (χ3v) is 6.50. The molecular formula is C24H30N2O2. The van der Waals surface area contributed by atoms with Crippen LogP contribution in [0.3, 0.4) is 0 Å². The normalized spacial score (nSPS) is 25.4. The smallest absolute Gasteiger partial charge is 0.251 e. The van der Waals surface area contributed by atoms with Crippen molar-refractivity contribution in [1.29, 1.82) is 0 Å². The summed E-state index contributed by atoms with van der Waals surface area (Å²) in [7, 11) is 0. The highest BCUT2D eigenvalue weighted by atomic mass is 16.3. The molecule has 2 aliphatic rings. The zero-order valence-electron chi connectivity index (χ0n) is 16.3. The lowest BCUT2D eigenvalue weighted by molar-refractivity contribution is -0.0506. The van der Waals surface area contributed by atoms with Crippen LogP contribution in [0.1, 0.15) is 47.5 Å². The van der Waals surface area contributed by atoms with E-state index < -0.39 is 0 Å². The summed E-state index contributed by atoms with van der Waals surface area (Å²) in [6, 6.07) is 20.2. The zero-order valence-corrected chi connectivity index (χ0v) is 16.3. The Hall–Kier alpha value is -2.17. The van der Waals surface area contributed by atoms with Crippen molar-refractivity contribution in [3.05, 3.63) is 71.8 Å². The Morgan fingerprint density at radius 2 is 1.61 bits per heavy atom. The molecule has 2 aromatic carbocycles. The second-order valence-corrected chi connectivity index (χ2v) is 8.18. The molecule has 1 amide bonds. The van der Waals surface area contributed by atoms with Gasteiger partial charge in [-0.05, 0) is 36.5 Å². The molecule has 1 aliphatic heterocycles. The van der Waals surface area contributed by atoms with E-state index in [-0.39, 0.29) is 30.5 Å². The van der Waals surface area contributed by atoms with Gasteiger partial charge in [0, 0.05) is 36.7 Å². The summed E-state index contributed by atoms with van der Waals surface area (Å²) in [5, 5.41) is 13.2. The topological polar surface area (TPSA) is 52.6 Å². The van der Waals surface area contributed by atoms with E-state index in [0.717, 1.165) is 12.5 Å². The molecule has 4 nitrogen and oxygen atoms in total. The Labute approximate surface area is 167 Å². The first-order valence-electron chi connectivity index (χ1n) is 10.5. The number of carbonyl (C=O) groups is 1. The first kappa shape index (κ1) is 19.2. The van der Waals surface area contributed by atoms with Crippen molar-refractivity contribution in [3.8, 4) is 0 Å². The van der Waals surface area contributed by atoms with Crippen LogP contribution < -0.4 is 5.32 Å². The Bertz CT molecular complexity index is 759. The Morgan fingerprint density at radius 3 is 2.25 bits per heavy atom. The third-order valence-electron chi connectivity index (χ3n) is 6.50. The van der Waals surface area contributed by atoms with E-state index in [9.17, 15) is 9.90 Å². The van der Waals surface area contributed by atoms with Crippen LogP contribution in [0, 0.1) is 5.92 Å². The summed E-state index contributed by atoms with van der Waals surface area (Å²) < 4.78 is 0. The van der Waals surface area contributed by atoms with Gasteiger partial charge in [0.15, 0.2) is 0 Å². The molecule has 0 bridgehead atoms. The molecule has 0 aromatic heterocycles. The average molecular weight is 379 g/mol. The Kier molecular flexibility index (Phi) is 6.08. The quantitative estimate of drug-likeness (QED) is 0.776. The van der Waals surface area contributed by atoms with Gasteiger partial charge in [-0.2, -0.15) is 0 Å². The lowest BCUT2D eigenvalue weighted by Crippen LogP contribution is -2.67. The Morgan fingerprint density at radius 1 is 0.964 bits per heavy atom. The number of aliphatic hydroxyl groups excluding tert-OH is 1. The van der Waals surface area contributed by atoms with E-state index >= 15 is 0 Å². The molecule has 148 valence electrons. The van der Waals surface area contributed by atoms with Crippen molar-refractivity contribution < 1.29 is 9.90 Å². The third kappa shape index (κ3) is 3.98. The number of benzene rings is 2. The molecule has 28 heavy (non-hydrogen) atoms. The summed E-state index contributed by atoms with van der Waals surface area (Å²) in [6.07, 6.45) is 5.21. The predicted octanol–water partition coefficient (Wildman–Crippen LogP) is 3.44. The van der Waals surface area contributed by atoms with E-state index in [2.05, 4.69) is 34.5 Å². The number of hydrogen-bond donors (Lipinski definition) is 2. The maximum Gasteiger partial charge on any atom is 0.251 e. The molecule has 3 atom stereocenters. The van der Waals surface area contributed by atoms with Gasteiger partial charge >= 0.3 is 0 Å². The maximum atomic E-state index is 12.6. The first-order valence-corrected chi connectivity index (χ1v) is 10.5. The summed E-state index contributed by atoms with van der Waals surface area (Å²) >= 11 is 0. The number of amides is 1. The van der Waals surface area contributed by atoms with Crippen LogP contribution in [0.2, 0.25) is 0 Å². The lowest BCUT2D eigenvalue weighted by Gasteiger charge is -2.56. The van der Waals surface area contributed by atoms with Crippen molar-refractivity contribution in [2.24, 2.45) is 5.92 Å². The molecule has 0 spiro atoms. The molecule has 1 saturated carbocycles. The van der Waals surface area contributed by atoms with Gasteiger partial charge in [-0.1, -0.05) is 61.4 Å². The van der Waals surface area contributed by atoms with Crippen LogP contribution in [-0.4, -0.2) is 47.7 Å². The van der Waals surface area contributed by atoms with E-state index in [4.69, 9.17) is 0 Å². The molecule has 4 heteroatoms. The van der Waals surface area contributed by atoms with Gasteiger partial charge in [0.2, 0.25) is 0 Å². The van der Waals surface area contributed by atoms with Gasteiger partial charge < -0.3 is 10.4 Å². The van der Waals surface area contributed by atoms with Crippen molar-refractivity contribution >= 4 is 5.91 Å². The molecule has 2 fully saturated rings. The molecule has 1 aliphatic carbocycles. The molecule has 4 rings (SSSR count). The number of aliphatic hydroxyl groups is 1. The summed E-state index contributed by atoms with van der Waals surface area (Å²) in [5.74, 6) is 0.947. The van der Waals surface area contributed by atoms with Crippen LogP contribution in [0.4, 0.5) is 0 Å². The minimum atomic E-state index is -0.0272. The van der Waals surface area contributed by atoms with Crippen LogP contribution in [0.25, 0.3) is 0 Å². The maximum absolute atomic E-state index is 12.6. The number of rotatable bonds is 7. The molecular weight excluding hydrogens is 348 g/mol. The van der Waals surface area contributed by atoms with Crippen LogP contribution in [-0.2, 0) is 0 Å². The highest BCUT2D eigenvalue weighted by Crippen LogP contribution is 2.42.